The lowest BCUT2D eigenvalue weighted by Crippen LogP contribution is -2.29. The molecule has 0 saturated carbocycles. The van der Waals surface area contributed by atoms with Crippen molar-refractivity contribution in [1.29, 1.82) is 0 Å². The first kappa shape index (κ1) is 8.73. The zero-order chi connectivity index (χ0) is 9.47. The highest BCUT2D eigenvalue weighted by atomic mass is 15.3. The highest BCUT2D eigenvalue weighted by Gasteiger charge is 2.29. The van der Waals surface area contributed by atoms with Crippen LogP contribution >= 0.6 is 0 Å². The average molecular weight is 179 g/mol. The normalized spacial score (nSPS) is 22.8. The number of fused-ring (bicyclic) bond motifs is 1. The molecule has 1 unspecified atom stereocenters. The van der Waals surface area contributed by atoms with Gasteiger partial charge in [-0.15, -0.1) is 10.2 Å². The van der Waals surface area contributed by atoms with E-state index in [1.54, 1.807) is 0 Å². The van der Waals surface area contributed by atoms with Crippen molar-refractivity contribution in [1.82, 2.24) is 14.8 Å². The van der Waals surface area contributed by atoms with Crippen LogP contribution in [0, 0.1) is 11.3 Å². The Balaban J connectivity index is 2.18. The van der Waals surface area contributed by atoms with Gasteiger partial charge in [0.05, 0.1) is 0 Å². The molecule has 2 rings (SSSR count). The van der Waals surface area contributed by atoms with Gasteiger partial charge in [0.15, 0.2) is 0 Å². The average Bonchev–Trinajstić information content (AvgIpc) is 2.47. The summed E-state index contributed by atoms with van der Waals surface area (Å²) in [7, 11) is 0. The summed E-state index contributed by atoms with van der Waals surface area (Å²) in [6.45, 7) is 8.02. The van der Waals surface area contributed by atoms with Crippen LogP contribution in [-0.4, -0.2) is 14.8 Å². The predicted octanol–water partition coefficient (Wildman–Crippen LogP) is 1.89. The summed E-state index contributed by atoms with van der Waals surface area (Å²) in [4.78, 5) is 0. The van der Waals surface area contributed by atoms with Crippen LogP contribution in [0.3, 0.4) is 0 Å². The summed E-state index contributed by atoms with van der Waals surface area (Å²) in [6.07, 6.45) is 4.19. The Kier molecular flexibility index (Phi) is 1.90. The number of aryl methyl sites for hydroxylation is 1. The molecule has 0 radical (unpaired) electrons. The number of hydrogen-bond donors (Lipinski definition) is 0. The monoisotopic (exact) mass is 179 g/mol. The molecule has 72 valence electrons. The number of nitrogens with zero attached hydrogens (tertiary/aromatic N) is 3. The van der Waals surface area contributed by atoms with Gasteiger partial charge in [-0.1, -0.05) is 20.8 Å². The van der Waals surface area contributed by atoms with Crippen LogP contribution in [0.1, 0.15) is 33.0 Å². The van der Waals surface area contributed by atoms with Crippen LogP contribution in [0.15, 0.2) is 6.33 Å². The van der Waals surface area contributed by atoms with Gasteiger partial charge in [-0.05, 0) is 17.8 Å². The Bertz CT molecular complexity index is 295. The molecule has 13 heavy (non-hydrogen) atoms. The second-order valence-corrected chi connectivity index (χ2v) is 5.00. The van der Waals surface area contributed by atoms with Gasteiger partial charge in [-0.25, -0.2) is 0 Å². The molecule has 0 bridgehead atoms. The van der Waals surface area contributed by atoms with Crippen molar-refractivity contribution in [3.8, 4) is 0 Å². The van der Waals surface area contributed by atoms with E-state index >= 15 is 0 Å². The zero-order valence-corrected chi connectivity index (χ0v) is 8.62. The van der Waals surface area contributed by atoms with E-state index in [9.17, 15) is 0 Å². The third kappa shape index (κ3) is 1.60. The predicted molar refractivity (Wildman–Crippen MR) is 51.3 cm³/mol. The SMILES string of the molecule is CC(C)(C)C1CCn2cnnc2C1. The smallest absolute Gasteiger partial charge is 0.133 e. The van der Waals surface area contributed by atoms with E-state index in [0.717, 1.165) is 24.7 Å². The van der Waals surface area contributed by atoms with Gasteiger partial charge < -0.3 is 4.57 Å². The molecule has 1 aromatic rings. The van der Waals surface area contributed by atoms with E-state index < -0.39 is 0 Å². The van der Waals surface area contributed by atoms with E-state index in [0.29, 0.717) is 5.41 Å². The molecular formula is C10H17N3. The first-order valence-corrected chi connectivity index (χ1v) is 4.94. The fraction of sp³-hybridized carbons (Fsp3) is 0.800. The van der Waals surface area contributed by atoms with Crippen LogP contribution in [0.4, 0.5) is 0 Å². The minimum Gasteiger partial charge on any atom is -0.318 e. The van der Waals surface area contributed by atoms with Crippen molar-refractivity contribution in [2.24, 2.45) is 11.3 Å². The van der Waals surface area contributed by atoms with E-state index in [1.165, 1.54) is 6.42 Å². The fourth-order valence-electron chi connectivity index (χ4n) is 1.98. The fourth-order valence-corrected chi connectivity index (χ4v) is 1.98. The molecular weight excluding hydrogens is 162 g/mol. The van der Waals surface area contributed by atoms with Crippen molar-refractivity contribution < 1.29 is 0 Å². The number of hydrogen-bond acceptors (Lipinski definition) is 2. The molecule has 0 spiro atoms. The summed E-state index contributed by atoms with van der Waals surface area (Å²) in [5.41, 5.74) is 0.400. The molecule has 1 aromatic heterocycles. The highest BCUT2D eigenvalue weighted by Crippen LogP contribution is 2.34. The summed E-state index contributed by atoms with van der Waals surface area (Å²) >= 11 is 0. The van der Waals surface area contributed by atoms with Gasteiger partial charge in [0.1, 0.15) is 12.2 Å². The molecule has 3 heteroatoms. The third-order valence-corrected chi connectivity index (χ3v) is 3.07. The first-order valence-electron chi connectivity index (χ1n) is 4.94. The molecule has 2 heterocycles. The minimum atomic E-state index is 0.400. The molecule has 0 N–H and O–H groups in total. The largest absolute Gasteiger partial charge is 0.318 e. The molecule has 0 aliphatic carbocycles. The molecule has 0 fully saturated rings. The maximum atomic E-state index is 4.13. The van der Waals surface area contributed by atoms with Crippen LogP contribution in [-0.2, 0) is 13.0 Å². The zero-order valence-electron chi connectivity index (χ0n) is 8.62. The Morgan fingerprint density at radius 1 is 1.46 bits per heavy atom. The quantitative estimate of drug-likeness (QED) is 0.609. The van der Waals surface area contributed by atoms with E-state index in [4.69, 9.17) is 0 Å². The maximum Gasteiger partial charge on any atom is 0.133 e. The van der Waals surface area contributed by atoms with E-state index in [2.05, 4.69) is 35.5 Å². The lowest BCUT2D eigenvalue weighted by molar-refractivity contribution is 0.193. The first-order chi connectivity index (χ1) is 6.07. The lowest BCUT2D eigenvalue weighted by atomic mass is 9.75. The van der Waals surface area contributed by atoms with Crippen LogP contribution in [0.5, 0.6) is 0 Å². The Morgan fingerprint density at radius 3 is 2.92 bits per heavy atom. The molecule has 1 aliphatic rings. The van der Waals surface area contributed by atoms with Crippen molar-refractivity contribution in [3.63, 3.8) is 0 Å². The Hall–Kier alpha value is -0.860. The number of aromatic nitrogens is 3. The Labute approximate surface area is 79.2 Å². The van der Waals surface area contributed by atoms with Gasteiger partial charge >= 0.3 is 0 Å². The second-order valence-electron chi connectivity index (χ2n) is 5.00. The summed E-state index contributed by atoms with van der Waals surface area (Å²) in [5, 5.41) is 8.07. The van der Waals surface area contributed by atoms with Crippen LogP contribution in [0.25, 0.3) is 0 Å². The molecule has 0 aromatic carbocycles. The summed E-state index contributed by atoms with van der Waals surface area (Å²) in [5.74, 6) is 1.91. The second kappa shape index (κ2) is 2.82. The standard InChI is InChI=1S/C10H17N3/c1-10(2,3)8-4-5-13-7-11-12-9(13)6-8/h7-8H,4-6H2,1-3H3. The molecule has 0 saturated heterocycles. The number of rotatable bonds is 0. The van der Waals surface area contributed by atoms with Gasteiger partial charge in [0, 0.05) is 13.0 Å². The molecule has 0 amide bonds. The van der Waals surface area contributed by atoms with Crippen LogP contribution < -0.4 is 0 Å². The topological polar surface area (TPSA) is 30.7 Å². The van der Waals surface area contributed by atoms with Crippen molar-refractivity contribution >= 4 is 0 Å². The van der Waals surface area contributed by atoms with E-state index in [-0.39, 0.29) is 0 Å². The molecule has 1 aliphatic heterocycles. The van der Waals surface area contributed by atoms with Gasteiger partial charge in [-0.3, -0.25) is 0 Å². The van der Waals surface area contributed by atoms with Crippen LogP contribution in [0.2, 0.25) is 0 Å². The summed E-state index contributed by atoms with van der Waals surface area (Å²) in [6, 6.07) is 0. The van der Waals surface area contributed by atoms with Crippen molar-refractivity contribution in [2.45, 2.75) is 40.2 Å². The molecule has 1 atom stereocenters. The van der Waals surface area contributed by atoms with E-state index in [1.807, 2.05) is 6.33 Å². The van der Waals surface area contributed by atoms with Gasteiger partial charge in [0.25, 0.3) is 0 Å². The Morgan fingerprint density at radius 2 is 2.23 bits per heavy atom. The van der Waals surface area contributed by atoms with Gasteiger partial charge in [0.2, 0.25) is 0 Å². The lowest BCUT2D eigenvalue weighted by Gasteiger charge is -2.33. The minimum absolute atomic E-state index is 0.400. The highest BCUT2D eigenvalue weighted by molar-refractivity contribution is 4.95. The third-order valence-electron chi connectivity index (χ3n) is 3.07. The van der Waals surface area contributed by atoms with Gasteiger partial charge in [-0.2, -0.15) is 0 Å². The maximum absolute atomic E-state index is 4.13. The molecule has 3 nitrogen and oxygen atoms in total. The van der Waals surface area contributed by atoms with Crippen molar-refractivity contribution in [2.75, 3.05) is 0 Å². The van der Waals surface area contributed by atoms with Crippen molar-refractivity contribution in [3.05, 3.63) is 12.2 Å². The summed E-state index contributed by atoms with van der Waals surface area (Å²) < 4.78 is 2.17.